The lowest BCUT2D eigenvalue weighted by atomic mass is 9.89. The molecule has 0 saturated carbocycles. The van der Waals surface area contributed by atoms with E-state index < -0.39 is 6.36 Å². The minimum Gasteiger partial charge on any atom is -0.406 e. The van der Waals surface area contributed by atoms with Gasteiger partial charge in [0.1, 0.15) is 10.8 Å². The Morgan fingerprint density at radius 1 is 1.00 bits per heavy atom. The van der Waals surface area contributed by atoms with Crippen LogP contribution in [-0.2, 0) is 6.54 Å². The van der Waals surface area contributed by atoms with Crippen LogP contribution in [-0.4, -0.2) is 29.3 Å². The molecule has 4 nitrogen and oxygen atoms in total. The summed E-state index contributed by atoms with van der Waals surface area (Å²) in [6.45, 7) is 6.26. The first-order chi connectivity index (χ1) is 16.1. The Morgan fingerprint density at radius 2 is 1.62 bits per heavy atom. The third-order valence-corrected chi connectivity index (χ3v) is 6.78. The quantitative estimate of drug-likeness (QED) is 0.439. The summed E-state index contributed by atoms with van der Waals surface area (Å²) >= 11 is 6.15. The number of alkyl halides is 3. The number of hydrogen-bond acceptors (Lipinski definition) is 3. The maximum Gasteiger partial charge on any atom is 0.573 e. The number of pyridine rings is 1. The molecule has 4 rings (SSSR count). The van der Waals surface area contributed by atoms with Crippen molar-refractivity contribution in [3.05, 3.63) is 86.3 Å². The highest BCUT2D eigenvalue weighted by atomic mass is 35.5. The highest BCUT2D eigenvalue weighted by Gasteiger charge is 2.31. The van der Waals surface area contributed by atoms with Crippen molar-refractivity contribution in [1.29, 1.82) is 0 Å². The Balaban J connectivity index is 1.35. The first kappa shape index (κ1) is 24.4. The Bertz CT molecular complexity index is 1200. The van der Waals surface area contributed by atoms with Crippen molar-refractivity contribution in [2.45, 2.75) is 45.5 Å². The van der Waals surface area contributed by atoms with Gasteiger partial charge in [0.15, 0.2) is 0 Å². The fraction of sp³-hybridized carbons (Fsp3) is 0.346. The van der Waals surface area contributed by atoms with E-state index in [9.17, 15) is 18.0 Å². The van der Waals surface area contributed by atoms with Crippen LogP contribution in [0.5, 0.6) is 5.75 Å². The number of halogens is 4. The highest BCUT2D eigenvalue weighted by Crippen LogP contribution is 2.31. The van der Waals surface area contributed by atoms with Gasteiger partial charge in [-0.3, -0.25) is 9.69 Å². The summed E-state index contributed by atoms with van der Waals surface area (Å²) in [5.41, 5.74) is 4.91. The number of benzene rings is 2. The summed E-state index contributed by atoms with van der Waals surface area (Å²) in [5, 5.41) is 0.218. The van der Waals surface area contributed by atoms with Gasteiger partial charge in [0.2, 0.25) is 5.43 Å². The summed E-state index contributed by atoms with van der Waals surface area (Å²) < 4.78 is 41.0. The molecule has 180 valence electrons. The van der Waals surface area contributed by atoms with Crippen molar-refractivity contribution in [3.8, 4) is 16.9 Å². The van der Waals surface area contributed by atoms with E-state index in [-0.39, 0.29) is 16.2 Å². The number of aromatic amines is 1. The second-order valence-electron chi connectivity index (χ2n) is 8.76. The standard InChI is InChI=1S/C26H26ClF3N2O2/c1-16-23(25(33)24(27)17(2)31-16)21-5-3-18(4-6-21)15-32-13-11-20(12-14-32)19-7-9-22(10-8-19)34-26(28,29)30/h3-10,20H,11-15H2,1-2H3,(H,31,33). The van der Waals surface area contributed by atoms with Crippen LogP contribution < -0.4 is 10.2 Å². The van der Waals surface area contributed by atoms with Crippen molar-refractivity contribution in [2.75, 3.05) is 13.1 Å². The van der Waals surface area contributed by atoms with Gasteiger partial charge in [0.05, 0.1) is 0 Å². The number of piperidine rings is 1. The van der Waals surface area contributed by atoms with Gasteiger partial charge < -0.3 is 9.72 Å². The molecular formula is C26H26ClF3N2O2. The molecule has 3 aromatic rings. The van der Waals surface area contributed by atoms with Crippen molar-refractivity contribution >= 4 is 11.6 Å². The third kappa shape index (κ3) is 5.65. The SMILES string of the molecule is Cc1[nH]c(C)c(-c2ccc(CN3CCC(c4ccc(OC(F)(F)F)cc4)CC3)cc2)c(=O)c1Cl. The van der Waals surface area contributed by atoms with Crippen LogP contribution >= 0.6 is 11.6 Å². The highest BCUT2D eigenvalue weighted by molar-refractivity contribution is 6.31. The smallest absolute Gasteiger partial charge is 0.406 e. The van der Waals surface area contributed by atoms with Gasteiger partial charge in [0.25, 0.3) is 0 Å². The fourth-order valence-corrected chi connectivity index (χ4v) is 4.74. The molecule has 1 saturated heterocycles. The number of aromatic nitrogens is 1. The molecule has 1 fully saturated rings. The molecule has 34 heavy (non-hydrogen) atoms. The maximum absolute atomic E-state index is 12.6. The average Bonchev–Trinajstić information content (AvgIpc) is 2.79. The predicted octanol–water partition coefficient (Wildman–Crippen LogP) is 6.59. The Kier molecular flexibility index (Phi) is 7.05. The van der Waals surface area contributed by atoms with Crippen molar-refractivity contribution in [2.24, 2.45) is 0 Å². The normalized spacial score (nSPS) is 15.5. The van der Waals surface area contributed by atoms with Gasteiger partial charge in [-0.05, 0) is 74.5 Å². The van der Waals surface area contributed by atoms with Crippen molar-refractivity contribution in [3.63, 3.8) is 0 Å². The van der Waals surface area contributed by atoms with Crippen molar-refractivity contribution in [1.82, 2.24) is 9.88 Å². The molecule has 0 atom stereocenters. The molecule has 0 amide bonds. The molecule has 0 spiro atoms. The predicted molar refractivity (Wildman–Crippen MR) is 127 cm³/mol. The van der Waals surface area contributed by atoms with Crippen LogP contribution in [0.2, 0.25) is 5.02 Å². The third-order valence-electron chi connectivity index (χ3n) is 6.33. The van der Waals surface area contributed by atoms with Crippen LogP contribution in [0.3, 0.4) is 0 Å². The molecule has 0 unspecified atom stereocenters. The largest absolute Gasteiger partial charge is 0.573 e. The lowest BCUT2D eigenvalue weighted by Crippen LogP contribution is -2.32. The van der Waals surface area contributed by atoms with Gasteiger partial charge in [-0.25, -0.2) is 0 Å². The molecule has 2 heterocycles. The second kappa shape index (κ2) is 9.84. The van der Waals surface area contributed by atoms with E-state index in [4.69, 9.17) is 11.6 Å². The number of aryl methyl sites for hydroxylation is 2. The van der Waals surface area contributed by atoms with E-state index in [0.29, 0.717) is 17.2 Å². The molecule has 2 aromatic carbocycles. The minimum absolute atomic E-state index is 0.164. The van der Waals surface area contributed by atoms with Crippen LogP contribution in [0.15, 0.2) is 53.3 Å². The molecule has 8 heteroatoms. The van der Waals surface area contributed by atoms with Crippen molar-refractivity contribution < 1.29 is 17.9 Å². The van der Waals surface area contributed by atoms with Gasteiger partial charge in [-0.2, -0.15) is 0 Å². The van der Waals surface area contributed by atoms with Gasteiger partial charge in [0, 0.05) is 23.5 Å². The Labute approximate surface area is 201 Å². The van der Waals surface area contributed by atoms with E-state index in [2.05, 4.69) is 14.6 Å². The number of rotatable bonds is 5. The maximum atomic E-state index is 12.6. The number of nitrogens with one attached hydrogen (secondary N) is 1. The summed E-state index contributed by atoms with van der Waals surface area (Å²) in [4.78, 5) is 18.2. The topological polar surface area (TPSA) is 45.3 Å². The van der Waals surface area contributed by atoms with Gasteiger partial charge in [-0.1, -0.05) is 48.0 Å². The zero-order chi connectivity index (χ0) is 24.5. The summed E-state index contributed by atoms with van der Waals surface area (Å²) in [7, 11) is 0. The number of nitrogens with zero attached hydrogens (tertiary/aromatic N) is 1. The number of hydrogen-bond donors (Lipinski definition) is 1. The summed E-state index contributed by atoms with van der Waals surface area (Å²) in [6.07, 6.45) is -2.80. The van der Waals surface area contributed by atoms with E-state index in [1.165, 1.54) is 12.1 Å². The lowest BCUT2D eigenvalue weighted by molar-refractivity contribution is -0.274. The zero-order valence-corrected chi connectivity index (χ0v) is 19.8. The van der Waals surface area contributed by atoms with Gasteiger partial charge in [-0.15, -0.1) is 13.2 Å². The van der Waals surface area contributed by atoms with Gasteiger partial charge >= 0.3 is 6.36 Å². The average molecular weight is 491 g/mol. The first-order valence-electron chi connectivity index (χ1n) is 11.2. The molecule has 1 aliphatic heterocycles. The molecule has 1 aromatic heterocycles. The number of H-pyrrole nitrogens is 1. The minimum atomic E-state index is -4.67. The monoisotopic (exact) mass is 490 g/mol. The lowest BCUT2D eigenvalue weighted by Gasteiger charge is -2.32. The second-order valence-corrected chi connectivity index (χ2v) is 9.14. The number of likely N-dealkylation sites (tertiary alicyclic amines) is 1. The molecule has 1 aliphatic rings. The van der Waals surface area contributed by atoms with E-state index >= 15 is 0 Å². The van der Waals surface area contributed by atoms with Crippen LogP contribution in [0.1, 0.15) is 41.3 Å². The molecule has 0 bridgehead atoms. The van der Waals surface area contributed by atoms with Crippen LogP contribution in [0, 0.1) is 13.8 Å². The summed E-state index contributed by atoms with van der Waals surface area (Å²) in [6, 6.07) is 14.2. The Morgan fingerprint density at radius 3 is 2.21 bits per heavy atom. The van der Waals surface area contributed by atoms with E-state index in [1.54, 1.807) is 19.1 Å². The fourth-order valence-electron chi connectivity index (χ4n) is 4.60. The molecule has 0 radical (unpaired) electrons. The Hall–Kier alpha value is -2.77. The number of ether oxygens (including phenoxy) is 1. The van der Waals surface area contributed by atoms with Crippen LogP contribution in [0.25, 0.3) is 11.1 Å². The first-order valence-corrected chi connectivity index (χ1v) is 11.5. The van der Waals surface area contributed by atoms with Crippen LogP contribution in [0.4, 0.5) is 13.2 Å². The molecular weight excluding hydrogens is 465 g/mol. The zero-order valence-electron chi connectivity index (χ0n) is 19.0. The van der Waals surface area contributed by atoms with E-state index in [0.717, 1.165) is 54.9 Å². The molecule has 1 N–H and O–H groups in total. The van der Waals surface area contributed by atoms with E-state index in [1.807, 2.05) is 31.2 Å². The molecule has 0 aliphatic carbocycles. The summed E-state index contributed by atoms with van der Waals surface area (Å²) in [5.74, 6) is 0.127.